The van der Waals surface area contributed by atoms with Crippen molar-refractivity contribution in [2.45, 2.75) is 31.6 Å². The van der Waals surface area contributed by atoms with Crippen LogP contribution in [-0.4, -0.2) is 51.2 Å². The first kappa shape index (κ1) is 14.7. The van der Waals surface area contributed by atoms with Crippen molar-refractivity contribution in [3.8, 4) is 0 Å². The summed E-state index contributed by atoms with van der Waals surface area (Å²) >= 11 is 5.71. The van der Waals surface area contributed by atoms with Crippen molar-refractivity contribution in [2.24, 2.45) is 5.92 Å². The van der Waals surface area contributed by atoms with Gasteiger partial charge in [-0.15, -0.1) is 0 Å². The molecule has 17 heavy (non-hydrogen) atoms. The summed E-state index contributed by atoms with van der Waals surface area (Å²) in [4.78, 5) is 24.8. The average molecular weight is 277 g/mol. The zero-order chi connectivity index (χ0) is 13.0. The highest BCUT2D eigenvalue weighted by atomic mass is 32.2. The first-order valence-electron chi connectivity index (χ1n) is 5.78. The number of hydrogen-bond acceptors (Lipinski definition) is 4. The molecule has 0 bridgehead atoms. The molecule has 0 aromatic carbocycles. The first-order chi connectivity index (χ1) is 8.02. The Kier molecular flexibility index (Phi) is 5.66. The van der Waals surface area contributed by atoms with Crippen molar-refractivity contribution in [1.29, 1.82) is 0 Å². The summed E-state index contributed by atoms with van der Waals surface area (Å²) in [6, 6.07) is -0.671. The maximum absolute atomic E-state index is 12.0. The van der Waals surface area contributed by atoms with Crippen LogP contribution in [0.3, 0.4) is 0 Å². The van der Waals surface area contributed by atoms with E-state index in [9.17, 15) is 14.7 Å². The van der Waals surface area contributed by atoms with Crippen LogP contribution in [0.15, 0.2) is 0 Å². The van der Waals surface area contributed by atoms with Crippen LogP contribution >= 0.6 is 24.4 Å². The van der Waals surface area contributed by atoms with Gasteiger partial charge in [0.05, 0.1) is 0 Å². The standard InChI is InChI=1S/C11H19NO3S2/c1-3-17-8-4-5-12(9(8)11(14)15)10(13)7(2)6-16/h7-9,16H,3-6H2,1-2H3,(H,14,15)/t7?,8-,9-/m0/s1. The van der Waals surface area contributed by atoms with Gasteiger partial charge in [0.15, 0.2) is 0 Å². The van der Waals surface area contributed by atoms with E-state index in [-0.39, 0.29) is 17.1 Å². The lowest BCUT2D eigenvalue weighted by Crippen LogP contribution is -2.46. The van der Waals surface area contributed by atoms with Crippen molar-refractivity contribution in [3.05, 3.63) is 0 Å². The number of thioether (sulfide) groups is 1. The van der Waals surface area contributed by atoms with Crippen molar-refractivity contribution in [2.75, 3.05) is 18.1 Å². The normalized spacial score (nSPS) is 25.9. The highest BCUT2D eigenvalue weighted by molar-refractivity contribution is 7.99. The van der Waals surface area contributed by atoms with Crippen molar-refractivity contribution < 1.29 is 14.7 Å². The molecule has 1 aliphatic rings. The minimum Gasteiger partial charge on any atom is -0.480 e. The number of aliphatic carboxylic acids is 1. The van der Waals surface area contributed by atoms with Gasteiger partial charge in [0, 0.05) is 23.5 Å². The van der Waals surface area contributed by atoms with Crippen LogP contribution in [0.1, 0.15) is 20.3 Å². The van der Waals surface area contributed by atoms with Crippen LogP contribution in [0.4, 0.5) is 0 Å². The summed E-state index contributed by atoms with van der Waals surface area (Å²) in [6.45, 7) is 4.34. The van der Waals surface area contributed by atoms with Gasteiger partial charge < -0.3 is 10.0 Å². The van der Waals surface area contributed by atoms with Gasteiger partial charge >= 0.3 is 5.97 Å². The van der Waals surface area contributed by atoms with Gasteiger partial charge in [-0.3, -0.25) is 4.79 Å². The third-order valence-electron chi connectivity index (χ3n) is 2.95. The van der Waals surface area contributed by atoms with Crippen LogP contribution in [0.25, 0.3) is 0 Å². The maximum Gasteiger partial charge on any atom is 0.327 e. The minimum atomic E-state index is -0.895. The van der Waals surface area contributed by atoms with E-state index in [1.54, 1.807) is 18.7 Å². The molecule has 0 aliphatic carbocycles. The lowest BCUT2D eigenvalue weighted by molar-refractivity contribution is -0.149. The van der Waals surface area contributed by atoms with E-state index in [4.69, 9.17) is 0 Å². The SMILES string of the molecule is CCS[C@H]1CCN(C(=O)C(C)CS)[C@@H]1C(=O)O. The molecular formula is C11H19NO3S2. The summed E-state index contributed by atoms with van der Waals surface area (Å²) in [5.74, 6) is 0.122. The van der Waals surface area contributed by atoms with Crippen molar-refractivity contribution in [3.63, 3.8) is 0 Å². The predicted molar refractivity (Wildman–Crippen MR) is 72.7 cm³/mol. The molecule has 1 saturated heterocycles. The number of carboxylic acids is 1. The van der Waals surface area contributed by atoms with Crippen LogP contribution in [0.5, 0.6) is 0 Å². The Morgan fingerprint density at radius 1 is 1.59 bits per heavy atom. The zero-order valence-electron chi connectivity index (χ0n) is 10.1. The summed E-state index contributed by atoms with van der Waals surface area (Å²) in [7, 11) is 0. The molecule has 1 heterocycles. The fraction of sp³-hybridized carbons (Fsp3) is 0.818. The maximum atomic E-state index is 12.0. The van der Waals surface area contributed by atoms with E-state index in [1.165, 1.54) is 4.90 Å². The summed E-state index contributed by atoms with van der Waals surface area (Å²) < 4.78 is 0. The highest BCUT2D eigenvalue weighted by Gasteiger charge is 2.42. The summed E-state index contributed by atoms with van der Waals surface area (Å²) in [6.07, 6.45) is 0.764. The van der Waals surface area contributed by atoms with Gasteiger partial charge in [-0.05, 0) is 12.2 Å². The molecular weight excluding hydrogens is 258 g/mol. The van der Waals surface area contributed by atoms with Gasteiger partial charge in [-0.1, -0.05) is 13.8 Å². The fourth-order valence-electron chi connectivity index (χ4n) is 2.05. The Balaban J connectivity index is 2.79. The van der Waals surface area contributed by atoms with Gasteiger partial charge in [0.2, 0.25) is 5.91 Å². The first-order valence-corrected chi connectivity index (χ1v) is 7.46. The Bertz CT molecular complexity index is 298. The molecule has 1 amide bonds. The van der Waals surface area contributed by atoms with Gasteiger partial charge in [-0.25, -0.2) is 4.79 Å². The second kappa shape index (κ2) is 6.54. The van der Waals surface area contributed by atoms with E-state index in [1.807, 2.05) is 6.92 Å². The quantitative estimate of drug-likeness (QED) is 0.745. The summed E-state index contributed by atoms with van der Waals surface area (Å²) in [5.41, 5.74) is 0. The molecule has 98 valence electrons. The van der Waals surface area contributed by atoms with E-state index >= 15 is 0 Å². The van der Waals surface area contributed by atoms with Gasteiger partial charge in [0.1, 0.15) is 6.04 Å². The number of nitrogens with zero attached hydrogens (tertiary/aromatic N) is 1. The largest absolute Gasteiger partial charge is 0.480 e. The number of thiol groups is 1. The monoisotopic (exact) mass is 277 g/mol. The molecule has 1 unspecified atom stereocenters. The molecule has 0 spiro atoms. The van der Waals surface area contributed by atoms with Crippen molar-refractivity contribution in [1.82, 2.24) is 4.90 Å². The molecule has 4 nitrogen and oxygen atoms in total. The number of rotatable bonds is 5. The van der Waals surface area contributed by atoms with E-state index in [0.29, 0.717) is 12.3 Å². The lowest BCUT2D eigenvalue weighted by atomic mass is 10.1. The average Bonchev–Trinajstić information content (AvgIpc) is 2.71. The highest BCUT2D eigenvalue weighted by Crippen LogP contribution is 2.30. The Labute approximate surface area is 112 Å². The molecule has 0 saturated carbocycles. The second-order valence-corrected chi connectivity index (χ2v) is 6.06. The van der Waals surface area contributed by atoms with E-state index < -0.39 is 12.0 Å². The minimum absolute atomic E-state index is 0.0218. The Morgan fingerprint density at radius 2 is 2.24 bits per heavy atom. The topological polar surface area (TPSA) is 57.6 Å². The smallest absolute Gasteiger partial charge is 0.327 e. The number of carbonyl (C=O) groups excluding carboxylic acids is 1. The molecule has 0 radical (unpaired) electrons. The summed E-state index contributed by atoms with van der Waals surface area (Å²) in [5, 5.41) is 9.28. The Hall–Kier alpha value is -0.360. The molecule has 0 aromatic rings. The number of carboxylic acid groups (broad SMARTS) is 1. The third-order valence-corrected chi connectivity index (χ3v) is 4.76. The Morgan fingerprint density at radius 3 is 2.71 bits per heavy atom. The second-order valence-electron chi connectivity index (χ2n) is 4.18. The van der Waals surface area contributed by atoms with Crippen LogP contribution < -0.4 is 0 Å². The van der Waals surface area contributed by atoms with Crippen molar-refractivity contribution >= 4 is 36.3 Å². The number of carbonyl (C=O) groups is 2. The predicted octanol–water partition coefficient (Wildman–Crippen LogP) is 1.36. The number of likely N-dealkylation sites (tertiary alicyclic amines) is 1. The number of hydrogen-bond donors (Lipinski definition) is 2. The molecule has 1 N–H and O–H groups in total. The molecule has 6 heteroatoms. The fourth-order valence-corrected chi connectivity index (χ4v) is 3.36. The third kappa shape index (κ3) is 3.31. The van der Waals surface area contributed by atoms with Crippen LogP contribution in [0, 0.1) is 5.92 Å². The van der Waals surface area contributed by atoms with Crippen LogP contribution in [0.2, 0.25) is 0 Å². The molecule has 1 rings (SSSR count). The van der Waals surface area contributed by atoms with Crippen LogP contribution in [-0.2, 0) is 9.59 Å². The number of amides is 1. The van der Waals surface area contributed by atoms with E-state index in [0.717, 1.165) is 12.2 Å². The van der Waals surface area contributed by atoms with Gasteiger partial charge in [0.25, 0.3) is 0 Å². The molecule has 1 aliphatic heterocycles. The molecule has 3 atom stereocenters. The van der Waals surface area contributed by atoms with E-state index in [2.05, 4.69) is 12.6 Å². The van der Waals surface area contributed by atoms with Gasteiger partial charge in [-0.2, -0.15) is 24.4 Å². The zero-order valence-corrected chi connectivity index (χ0v) is 11.8. The molecule has 0 aromatic heterocycles. The molecule has 1 fully saturated rings. The lowest BCUT2D eigenvalue weighted by Gasteiger charge is -2.26.